The van der Waals surface area contributed by atoms with Crippen LogP contribution in [0.3, 0.4) is 0 Å². The van der Waals surface area contributed by atoms with E-state index >= 15 is 0 Å². The van der Waals surface area contributed by atoms with E-state index in [0.717, 1.165) is 23.4 Å². The molecule has 3 fully saturated rings. The molecule has 8 nitrogen and oxygen atoms in total. The third-order valence-corrected chi connectivity index (χ3v) is 7.20. The average Bonchev–Trinajstić information content (AvgIpc) is 3.04. The fourth-order valence-corrected chi connectivity index (χ4v) is 4.96. The van der Waals surface area contributed by atoms with Crippen LogP contribution in [-0.4, -0.2) is 52.3 Å². The summed E-state index contributed by atoms with van der Waals surface area (Å²) in [7, 11) is 0. The first-order valence-electron chi connectivity index (χ1n) is 11.7. The van der Waals surface area contributed by atoms with Gasteiger partial charge in [-0.3, -0.25) is 19.8 Å². The van der Waals surface area contributed by atoms with Gasteiger partial charge in [0.15, 0.2) is 0 Å². The van der Waals surface area contributed by atoms with E-state index in [1.54, 1.807) is 4.90 Å². The van der Waals surface area contributed by atoms with Crippen molar-refractivity contribution >= 4 is 23.8 Å². The molecule has 1 aliphatic carbocycles. The van der Waals surface area contributed by atoms with Crippen molar-refractivity contribution in [2.24, 2.45) is 11.8 Å². The number of nitrogens with zero attached hydrogens (tertiary/aromatic N) is 2. The van der Waals surface area contributed by atoms with Gasteiger partial charge in [0.05, 0.1) is 0 Å². The number of aryl methyl sites for hydroxylation is 1. The summed E-state index contributed by atoms with van der Waals surface area (Å²) >= 11 is 0. The SMILES string of the molecule is CC1CCC2(CC1)NC(=O)N(NC(=O)C1CCN(C(=O)CCc3ccccc3)CC1)C2=O. The van der Waals surface area contributed by atoms with Gasteiger partial charge in [0.25, 0.3) is 5.91 Å². The standard InChI is InChI=1S/C24H32N4O4/c1-17-9-13-24(14-10-17)22(31)28(23(32)25-24)26-21(30)19-11-15-27(16-12-19)20(29)8-7-18-5-3-2-4-6-18/h2-6,17,19H,7-16H2,1H3,(H,25,32)(H,26,30). The first kappa shape index (κ1) is 22.3. The number of nitrogens with one attached hydrogen (secondary N) is 2. The van der Waals surface area contributed by atoms with Gasteiger partial charge in [-0.2, -0.15) is 5.01 Å². The minimum Gasteiger partial charge on any atom is -0.343 e. The second kappa shape index (κ2) is 9.30. The zero-order valence-corrected chi connectivity index (χ0v) is 18.6. The molecule has 0 radical (unpaired) electrons. The number of piperidine rings is 1. The van der Waals surface area contributed by atoms with E-state index in [-0.39, 0.29) is 23.6 Å². The topological polar surface area (TPSA) is 98.8 Å². The maximum Gasteiger partial charge on any atom is 0.344 e. The van der Waals surface area contributed by atoms with Gasteiger partial charge in [-0.1, -0.05) is 37.3 Å². The molecule has 8 heteroatoms. The van der Waals surface area contributed by atoms with E-state index in [0.29, 0.717) is 57.5 Å². The molecular formula is C24H32N4O4. The maximum atomic E-state index is 12.9. The van der Waals surface area contributed by atoms with Gasteiger partial charge >= 0.3 is 6.03 Å². The Morgan fingerprint density at radius 3 is 2.38 bits per heavy atom. The lowest BCUT2D eigenvalue weighted by molar-refractivity contribution is -0.143. The van der Waals surface area contributed by atoms with Crippen molar-refractivity contribution < 1.29 is 19.2 Å². The number of likely N-dealkylation sites (tertiary alicyclic amines) is 1. The second-order valence-electron chi connectivity index (χ2n) is 9.45. The number of hydrogen-bond acceptors (Lipinski definition) is 4. The Morgan fingerprint density at radius 2 is 1.72 bits per heavy atom. The Balaban J connectivity index is 1.25. The summed E-state index contributed by atoms with van der Waals surface area (Å²) in [6.45, 7) is 3.16. The third kappa shape index (κ3) is 4.64. The van der Waals surface area contributed by atoms with Crippen LogP contribution in [0.15, 0.2) is 30.3 Å². The summed E-state index contributed by atoms with van der Waals surface area (Å²) in [4.78, 5) is 52.4. The van der Waals surface area contributed by atoms with Crippen molar-refractivity contribution in [3.05, 3.63) is 35.9 Å². The summed E-state index contributed by atoms with van der Waals surface area (Å²) in [5.74, 6) is -0.371. The van der Waals surface area contributed by atoms with Crippen molar-refractivity contribution in [3.63, 3.8) is 0 Å². The van der Waals surface area contributed by atoms with Gasteiger partial charge in [0, 0.05) is 25.4 Å². The van der Waals surface area contributed by atoms with Gasteiger partial charge in [-0.05, 0) is 56.4 Å². The minimum atomic E-state index is -0.870. The van der Waals surface area contributed by atoms with Crippen molar-refractivity contribution in [1.82, 2.24) is 20.7 Å². The molecule has 3 aliphatic rings. The van der Waals surface area contributed by atoms with Crippen LogP contribution in [-0.2, 0) is 20.8 Å². The second-order valence-corrected chi connectivity index (χ2v) is 9.45. The molecule has 1 saturated carbocycles. The lowest BCUT2D eigenvalue weighted by atomic mass is 9.77. The van der Waals surface area contributed by atoms with Crippen LogP contribution < -0.4 is 10.7 Å². The lowest BCUT2D eigenvalue weighted by Crippen LogP contribution is -2.53. The maximum absolute atomic E-state index is 12.9. The summed E-state index contributed by atoms with van der Waals surface area (Å²) in [6, 6.07) is 9.36. The number of hydrogen-bond donors (Lipinski definition) is 2. The molecule has 0 bridgehead atoms. The van der Waals surface area contributed by atoms with Gasteiger partial charge in [-0.15, -0.1) is 0 Å². The number of carbonyl (C=O) groups is 4. The molecule has 1 aromatic rings. The van der Waals surface area contributed by atoms with E-state index in [1.165, 1.54) is 0 Å². The molecule has 2 N–H and O–H groups in total. The normalized spacial score (nSPS) is 26.3. The molecule has 1 spiro atoms. The van der Waals surface area contributed by atoms with Crippen molar-refractivity contribution in [2.45, 2.75) is 63.8 Å². The number of benzene rings is 1. The molecule has 2 saturated heterocycles. The summed E-state index contributed by atoms with van der Waals surface area (Å²) in [5, 5.41) is 3.69. The minimum absolute atomic E-state index is 0.0929. The summed E-state index contributed by atoms with van der Waals surface area (Å²) < 4.78 is 0. The first-order valence-corrected chi connectivity index (χ1v) is 11.7. The van der Waals surface area contributed by atoms with Crippen LogP contribution in [0.5, 0.6) is 0 Å². The highest BCUT2D eigenvalue weighted by atomic mass is 16.2. The molecule has 2 heterocycles. The largest absolute Gasteiger partial charge is 0.344 e. The molecule has 2 aliphatic heterocycles. The Labute approximate surface area is 188 Å². The Bertz CT molecular complexity index is 871. The summed E-state index contributed by atoms with van der Waals surface area (Å²) in [5.41, 5.74) is 2.81. The summed E-state index contributed by atoms with van der Waals surface area (Å²) in [6.07, 6.45) is 5.17. The van der Waals surface area contributed by atoms with E-state index in [2.05, 4.69) is 17.7 Å². The van der Waals surface area contributed by atoms with E-state index in [4.69, 9.17) is 0 Å². The zero-order valence-electron chi connectivity index (χ0n) is 18.6. The molecule has 172 valence electrons. The van der Waals surface area contributed by atoms with E-state index in [1.807, 2.05) is 30.3 Å². The molecule has 5 amide bonds. The Morgan fingerprint density at radius 1 is 1.06 bits per heavy atom. The van der Waals surface area contributed by atoms with Gasteiger partial charge in [0.1, 0.15) is 5.54 Å². The Kier molecular flexibility index (Phi) is 6.48. The zero-order chi connectivity index (χ0) is 22.7. The van der Waals surface area contributed by atoms with Crippen LogP contribution in [0.2, 0.25) is 0 Å². The van der Waals surface area contributed by atoms with E-state index < -0.39 is 11.6 Å². The van der Waals surface area contributed by atoms with Crippen LogP contribution in [0.25, 0.3) is 0 Å². The fourth-order valence-electron chi connectivity index (χ4n) is 4.96. The van der Waals surface area contributed by atoms with Crippen LogP contribution in [0.4, 0.5) is 4.79 Å². The van der Waals surface area contributed by atoms with Crippen LogP contribution in [0, 0.1) is 11.8 Å². The molecular weight excluding hydrogens is 408 g/mol. The molecule has 4 rings (SSSR count). The van der Waals surface area contributed by atoms with Crippen LogP contribution >= 0.6 is 0 Å². The highest BCUT2D eigenvalue weighted by Gasteiger charge is 2.53. The number of hydrazine groups is 1. The van der Waals surface area contributed by atoms with Crippen molar-refractivity contribution in [1.29, 1.82) is 0 Å². The van der Waals surface area contributed by atoms with Gasteiger partial charge in [0.2, 0.25) is 11.8 Å². The number of imide groups is 1. The number of carbonyl (C=O) groups excluding carboxylic acids is 4. The van der Waals surface area contributed by atoms with Crippen LogP contribution in [0.1, 0.15) is 57.4 Å². The molecule has 0 aromatic heterocycles. The molecule has 0 atom stereocenters. The predicted molar refractivity (Wildman–Crippen MR) is 118 cm³/mol. The number of amides is 5. The smallest absolute Gasteiger partial charge is 0.343 e. The quantitative estimate of drug-likeness (QED) is 0.687. The highest BCUT2D eigenvalue weighted by molar-refractivity contribution is 6.08. The predicted octanol–water partition coefficient (Wildman–Crippen LogP) is 2.39. The van der Waals surface area contributed by atoms with Crippen molar-refractivity contribution in [3.8, 4) is 0 Å². The molecule has 32 heavy (non-hydrogen) atoms. The third-order valence-electron chi connectivity index (χ3n) is 7.20. The number of rotatable bonds is 5. The molecule has 1 aromatic carbocycles. The van der Waals surface area contributed by atoms with E-state index in [9.17, 15) is 19.2 Å². The average molecular weight is 441 g/mol. The highest BCUT2D eigenvalue weighted by Crippen LogP contribution is 2.36. The van der Waals surface area contributed by atoms with Crippen molar-refractivity contribution in [2.75, 3.05) is 13.1 Å². The van der Waals surface area contributed by atoms with Gasteiger partial charge < -0.3 is 10.2 Å². The lowest BCUT2D eigenvalue weighted by Gasteiger charge is -2.34. The van der Waals surface area contributed by atoms with Gasteiger partial charge in [-0.25, -0.2) is 4.79 Å². The fraction of sp³-hybridized carbons (Fsp3) is 0.583. The molecule has 0 unspecified atom stereocenters. The first-order chi connectivity index (χ1) is 15.4. The number of urea groups is 1. The monoisotopic (exact) mass is 440 g/mol. The Hall–Kier alpha value is -2.90.